The summed E-state index contributed by atoms with van der Waals surface area (Å²) in [6, 6.07) is 8.24. The molecule has 144 valence electrons. The number of carbonyl (C=O) groups is 1. The molecular formula is C18H16ClF3N2O2S. The van der Waals surface area contributed by atoms with Gasteiger partial charge in [0.05, 0.1) is 28.5 Å². The Morgan fingerprint density at radius 1 is 1.41 bits per heavy atom. The zero-order chi connectivity index (χ0) is 19.6. The predicted octanol–water partition coefficient (Wildman–Crippen LogP) is 5.26. The fourth-order valence-corrected chi connectivity index (χ4v) is 4.45. The number of rotatable bonds is 4. The molecule has 9 heteroatoms. The number of benzene rings is 1. The van der Waals surface area contributed by atoms with Crippen LogP contribution in [-0.2, 0) is 17.3 Å². The molecular weight excluding hydrogens is 401 g/mol. The van der Waals surface area contributed by atoms with Crippen LogP contribution in [0.25, 0.3) is 0 Å². The Hall–Kier alpha value is -1.93. The Bertz CT molecular complexity index is 848. The number of hydrogen-bond donors (Lipinski definition) is 1. The second-order valence-electron chi connectivity index (χ2n) is 5.92. The van der Waals surface area contributed by atoms with Gasteiger partial charge in [-0.1, -0.05) is 47.6 Å². The molecule has 3 rings (SSSR count). The Balaban J connectivity index is 1.86. The zero-order valence-corrected chi connectivity index (χ0v) is 15.8. The molecule has 1 aromatic carbocycles. The first kappa shape index (κ1) is 19.8. The lowest BCUT2D eigenvalue weighted by atomic mass is 10.1. The molecule has 0 saturated carbocycles. The first-order chi connectivity index (χ1) is 12.8. The summed E-state index contributed by atoms with van der Waals surface area (Å²) < 4.78 is 43.4. The number of nitrogens with zero attached hydrogens (tertiary/aromatic N) is 1. The third-order valence-corrected chi connectivity index (χ3v) is 5.90. The molecule has 1 aromatic heterocycles. The molecule has 0 fully saturated rings. The minimum atomic E-state index is -4.51. The van der Waals surface area contributed by atoms with Crippen LogP contribution in [0.15, 0.2) is 41.6 Å². The van der Waals surface area contributed by atoms with E-state index in [-0.39, 0.29) is 27.9 Å². The zero-order valence-electron chi connectivity index (χ0n) is 14.2. The van der Waals surface area contributed by atoms with E-state index in [1.54, 1.807) is 6.92 Å². The summed E-state index contributed by atoms with van der Waals surface area (Å²) in [5, 5.41) is 2.78. The number of pyridine rings is 1. The summed E-state index contributed by atoms with van der Waals surface area (Å²) in [4.78, 5) is 15.8. The maximum Gasteiger partial charge on any atom is 0.417 e. The van der Waals surface area contributed by atoms with Crippen LogP contribution >= 0.6 is 23.4 Å². The third-order valence-electron chi connectivity index (χ3n) is 4.12. The highest BCUT2D eigenvalue weighted by Crippen LogP contribution is 2.46. The van der Waals surface area contributed by atoms with Gasteiger partial charge in [0.1, 0.15) is 5.03 Å². The number of thioether (sulfide) groups is 1. The second kappa shape index (κ2) is 7.98. The van der Waals surface area contributed by atoms with Crippen molar-refractivity contribution in [2.24, 2.45) is 0 Å². The van der Waals surface area contributed by atoms with Crippen molar-refractivity contribution in [1.82, 2.24) is 10.3 Å². The number of halogens is 4. The van der Waals surface area contributed by atoms with Crippen LogP contribution in [0.3, 0.4) is 0 Å². The van der Waals surface area contributed by atoms with Gasteiger partial charge in [0.15, 0.2) is 0 Å². The van der Waals surface area contributed by atoms with Crippen LogP contribution in [0.4, 0.5) is 18.0 Å². The lowest BCUT2D eigenvalue weighted by molar-refractivity contribution is -0.137. The number of amides is 1. The van der Waals surface area contributed by atoms with Crippen molar-refractivity contribution in [1.29, 1.82) is 0 Å². The molecule has 1 heterocycles. The Labute approximate surface area is 163 Å². The van der Waals surface area contributed by atoms with E-state index in [4.69, 9.17) is 16.3 Å². The van der Waals surface area contributed by atoms with Crippen molar-refractivity contribution in [2.45, 2.75) is 35.8 Å². The van der Waals surface area contributed by atoms with Crippen LogP contribution in [0.5, 0.6) is 0 Å². The topological polar surface area (TPSA) is 51.2 Å². The van der Waals surface area contributed by atoms with Gasteiger partial charge >= 0.3 is 12.3 Å². The highest BCUT2D eigenvalue weighted by atomic mass is 35.5. The van der Waals surface area contributed by atoms with Gasteiger partial charge in [0.2, 0.25) is 0 Å². The monoisotopic (exact) mass is 416 g/mol. The number of aromatic nitrogens is 1. The van der Waals surface area contributed by atoms with E-state index < -0.39 is 17.8 Å². The second-order valence-corrected chi connectivity index (χ2v) is 7.46. The molecule has 4 nitrogen and oxygen atoms in total. The van der Waals surface area contributed by atoms with Crippen molar-refractivity contribution in [3.05, 3.63) is 58.2 Å². The van der Waals surface area contributed by atoms with E-state index in [2.05, 4.69) is 10.3 Å². The van der Waals surface area contributed by atoms with Gasteiger partial charge in [0, 0.05) is 6.20 Å². The molecule has 0 saturated heterocycles. The van der Waals surface area contributed by atoms with Gasteiger partial charge in [-0.25, -0.2) is 9.78 Å². The Morgan fingerprint density at radius 2 is 2.15 bits per heavy atom. The minimum Gasteiger partial charge on any atom is -0.450 e. The summed E-state index contributed by atoms with van der Waals surface area (Å²) in [6.45, 7) is 1.96. The molecule has 1 aliphatic carbocycles. The summed E-state index contributed by atoms with van der Waals surface area (Å²) in [7, 11) is 0. The number of ether oxygens (including phenoxy) is 1. The van der Waals surface area contributed by atoms with Crippen molar-refractivity contribution >= 4 is 29.5 Å². The molecule has 2 aromatic rings. The van der Waals surface area contributed by atoms with E-state index in [1.165, 1.54) is 11.8 Å². The smallest absolute Gasteiger partial charge is 0.417 e. The number of nitrogens with one attached hydrogen (secondary N) is 1. The quantitative estimate of drug-likeness (QED) is 0.738. The Morgan fingerprint density at radius 3 is 2.81 bits per heavy atom. The SMILES string of the molecule is CCOC(=O)NC1Cc2ccccc2C1Sc1ncc(C(F)(F)F)cc1Cl. The summed E-state index contributed by atoms with van der Waals surface area (Å²) in [6.07, 6.45) is -3.69. The number of fused-ring (bicyclic) bond motifs is 1. The van der Waals surface area contributed by atoms with Crippen molar-refractivity contribution in [3.63, 3.8) is 0 Å². The summed E-state index contributed by atoms with van der Waals surface area (Å²) in [5.74, 6) is 0. The summed E-state index contributed by atoms with van der Waals surface area (Å²) >= 11 is 7.28. The van der Waals surface area contributed by atoms with E-state index in [0.717, 1.165) is 23.4 Å². The molecule has 0 aliphatic heterocycles. The number of carbonyl (C=O) groups excluding carboxylic acids is 1. The highest BCUT2D eigenvalue weighted by molar-refractivity contribution is 7.99. The van der Waals surface area contributed by atoms with E-state index >= 15 is 0 Å². The maximum absolute atomic E-state index is 12.8. The molecule has 27 heavy (non-hydrogen) atoms. The van der Waals surface area contributed by atoms with Crippen molar-refractivity contribution in [2.75, 3.05) is 6.61 Å². The van der Waals surface area contributed by atoms with Crippen LogP contribution in [0.1, 0.15) is 28.9 Å². The van der Waals surface area contributed by atoms with Gasteiger partial charge < -0.3 is 10.1 Å². The van der Waals surface area contributed by atoms with Crippen molar-refractivity contribution in [3.8, 4) is 0 Å². The molecule has 0 bridgehead atoms. The maximum atomic E-state index is 12.8. The number of alkyl halides is 3. The van der Waals surface area contributed by atoms with E-state index in [9.17, 15) is 18.0 Å². The van der Waals surface area contributed by atoms with Crippen LogP contribution in [0, 0.1) is 0 Å². The molecule has 0 radical (unpaired) electrons. The lowest BCUT2D eigenvalue weighted by Crippen LogP contribution is -2.37. The number of alkyl carbamates (subject to hydrolysis) is 1. The Kier molecular flexibility index (Phi) is 5.86. The van der Waals surface area contributed by atoms with Crippen molar-refractivity contribution < 1.29 is 22.7 Å². The van der Waals surface area contributed by atoms with Crippen LogP contribution < -0.4 is 5.32 Å². The molecule has 1 aliphatic rings. The van der Waals surface area contributed by atoms with Gasteiger partial charge in [-0.2, -0.15) is 13.2 Å². The lowest BCUT2D eigenvalue weighted by Gasteiger charge is -2.21. The normalized spacial score (nSPS) is 18.9. The number of hydrogen-bond acceptors (Lipinski definition) is 4. The minimum absolute atomic E-state index is 0.0749. The predicted molar refractivity (Wildman–Crippen MR) is 96.9 cm³/mol. The molecule has 1 N–H and O–H groups in total. The van der Waals surface area contributed by atoms with E-state index in [0.29, 0.717) is 6.42 Å². The van der Waals surface area contributed by atoms with Gasteiger partial charge in [-0.05, 0) is 30.5 Å². The molecule has 1 amide bonds. The average molecular weight is 417 g/mol. The molecule has 2 unspecified atom stereocenters. The first-order valence-electron chi connectivity index (χ1n) is 8.20. The van der Waals surface area contributed by atoms with Gasteiger partial charge in [-0.3, -0.25) is 0 Å². The first-order valence-corrected chi connectivity index (χ1v) is 9.46. The fraction of sp³-hybridized carbons (Fsp3) is 0.333. The van der Waals surface area contributed by atoms with Crippen LogP contribution in [0.2, 0.25) is 5.02 Å². The third kappa shape index (κ3) is 4.50. The van der Waals surface area contributed by atoms with Gasteiger partial charge in [-0.15, -0.1) is 0 Å². The average Bonchev–Trinajstić information content (AvgIpc) is 2.93. The standard InChI is InChI=1S/C18H16ClF3N2O2S/c1-2-26-17(25)24-14-7-10-5-3-4-6-12(10)15(14)27-16-13(19)8-11(9-23-16)18(20,21)22/h3-6,8-9,14-15H,2,7H2,1H3,(H,24,25). The molecule has 2 atom stereocenters. The molecule has 0 spiro atoms. The summed E-state index contributed by atoms with van der Waals surface area (Å²) in [5.41, 5.74) is 1.15. The van der Waals surface area contributed by atoms with Gasteiger partial charge in [0.25, 0.3) is 0 Å². The largest absolute Gasteiger partial charge is 0.450 e. The van der Waals surface area contributed by atoms with Crippen LogP contribution in [-0.4, -0.2) is 23.7 Å². The fourth-order valence-electron chi connectivity index (χ4n) is 2.94. The van der Waals surface area contributed by atoms with E-state index in [1.807, 2.05) is 24.3 Å². The highest BCUT2D eigenvalue weighted by Gasteiger charge is 2.36.